The summed E-state index contributed by atoms with van der Waals surface area (Å²) in [5.41, 5.74) is -1.80. The lowest BCUT2D eigenvalue weighted by atomic mass is 10.1. The maximum absolute atomic E-state index is 13.7. The molecule has 5 nitrogen and oxygen atoms in total. The number of nitrogens with zero attached hydrogens (tertiary/aromatic N) is 1. The second-order valence-corrected chi connectivity index (χ2v) is 5.07. The van der Waals surface area contributed by atoms with Gasteiger partial charge in [-0.15, -0.1) is 11.6 Å². The second kappa shape index (κ2) is 6.60. The van der Waals surface area contributed by atoms with Gasteiger partial charge in [0.2, 0.25) is 5.82 Å². The van der Waals surface area contributed by atoms with Crippen molar-refractivity contribution in [3.05, 3.63) is 39.4 Å². The summed E-state index contributed by atoms with van der Waals surface area (Å²) in [4.78, 5) is 21.2. The van der Waals surface area contributed by atoms with E-state index in [2.05, 4.69) is 5.32 Å². The second-order valence-electron chi connectivity index (χ2n) is 4.51. The molecular formula is C12H13ClF2N2O3. The van der Waals surface area contributed by atoms with Gasteiger partial charge in [0, 0.05) is 6.54 Å². The Hall–Kier alpha value is -1.76. The summed E-state index contributed by atoms with van der Waals surface area (Å²) < 4.78 is 26.9. The van der Waals surface area contributed by atoms with Crippen LogP contribution in [0.4, 0.5) is 14.5 Å². The Labute approximate surface area is 119 Å². The zero-order valence-electron chi connectivity index (χ0n) is 10.8. The molecule has 0 aromatic heterocycles. The van der Waals surface area contributed by atoms with Gasteiger partial charge in [-0.05, 0) is 12.0 Å². The van der Waals surface area contributed by atoms with Crippen molar-refractivity contribution in [2.45, 2.75) is 19.2 Å². The molecule has 0 aliphatic rings. The molecule has 1 rings (SSSR count). The van der Waals surface area contributed by atoms with Crippen LogP contribution in [0.5, 0.6) is 0 Å². The first-order valence-electron chi connectivity index (χ1n) is 5.79. The van der Waals surface area contributed by atoms with Crippen LogP contribution in [0.1, 0.15) is 24.2 Å². The lowest BCUT2D eigenvalue weighted by Gasteiger charge is -2.14. The predicted molar refractivity (Wildman–Crippen MR) is 69.8 cm³/mol. The molecule has 0 aliphatic heterocycles. The fourth-order valence-corrected chi connectivity index (χ4v) is 1.47. The monoisotopic (exact) mass is 306 g/mol. The molecule has 1 atom stereocenters. The van der Waals surface area contributed by atoms with Crippen LogP contribution in [0, 0.1) is 27.7 Å². The Bertz CT molecular complexity index is 538. The van der Waals surface area contributed by atoms with E-state index in [0.717, 1.165) is 0 Å². The highest BCUT2D eigenvalue weighted by molar-refractivity contribution is 6.21. The first kappa shape index (κ1) is 16.3. The maximum Gasteiger partial charge on any atom is 0.308 e. The number of hydrogen-bond donors (Lipinski definition) is 1. The summed E-state index contributed by atoms with van der Waals surface area (Å²) in [5.74, 6) is -3.31. The van der Waals surface area contributed by atoms with Crippen molar-refractivity contribution in [2.24, 2.45) is 5.92 Å². The lowest BCUT2D eigenvalue weighted by molar-refractivity contribution is -0.387. The minimum absolute atomic E-state index is 0.0435. The molecule has 0 bridgehead atoms. The molecule has 8 heteroatoms. The van der Waals surface area contributed by atoms with Gasteiger partial charge in [0.1, 0.15) is 5.82 Å². The lowest BCUT2D eigenvalue weighted by Crippen LogP contribution is -2.32. The first-order chi connectivity index (χ1) is 9.23. The van der Waals surface area contributed by atoms with Crippen molar-refractivity contribution in [2.75, 3.05) is 6.54 Å². The molecule has 0 saturated carbocycles. The van der Waals surface area contributed by atoms with Crippen LogP contribution in [0.2, 0.25) is 0 Å². The molecule has 1 amide bonds. The van der Waals surface area contributed by atoms with E-state index in [-0.39, 0.29) is 17.8 Å². The zero-order chi connectivity index (χ0) is 15.4. The highest BCUT2D eigenvalue weighted by atomic mass is 35.5. The molecule has 0 aliphatic carbocycles. The van der Waals surface area contributed by atoms with E-state index >= 15 is 0 Å². The number of hydrogen-bond acceptors (Lipinski definition) is 3. The third-order valence-electron chi connectivity index (χ3n) is 2.64. The van der Waals surface area contributed by atoms with E-state index in [1.54, 1.807) is 0 Å². The number of nitro benzene ring substituents is 1. The zero-order valence-corrected chi connectivity index (χ0v) is 11.6. The molecule has 1 aromatic carbocycles. The average molecular weight is 307 g/mol. The number of alkyl halides is 1. The summed E-state index contributed by atoms with van der Waals surface area (Å²) in [6.07, 6.45) is 0. The highest BCUT2D eigenvalue weighted by Crippen LogP contribution is 2.22. The topological polar surface area (TPSA) is 72.2 Å². The standard InChI is InChI=1S/C12H13ClF2N2O3/c1-6(2)9(13)5-16-12(18)8-3-7(14)4-10(11(8)15)17(19)20/h3-4,6,9H,5H2,1-2H3,(H,16,18). The Morgan fingerprint density at radius 2 is 2.05 bits per heavy atom. The van der Waals surface area contributed by atoms with Crippen molar-refractivity contribution < 1.29 is 18.5 Å². The van der Waals surface area contributed by atoms with Crippen molar-refractivity contribution in [3.8, 4) is 0 Å². The van der Waals surface area contributed by atoms with Gasteiger partial charge >= 0.3 is 5.69 Å². The van der Waals surface area contributed by atoms with Gasteiger partial charge in [-0.2, -0.15) is 4.39 Å². The van der Waals surface area contributed by atoms with Crippen LogP contribution in [-0.4, -0.2) is 22.8 Å². The van der Waals surface area contributed by atoms with E-state index in [1.807, 2.05) is 13.8 Å². The minimum atomic E-state index is -1.37. The Morgan fingerprint density at radius 1 is 1.45 bits per heavy atom. The molecule has 0 spiro atoms. The van der Waals surface area contributed by atoms with Gasteiger partial charge in [-0.1, -0.05) is 13.8 Å². The molecule has 110 valence electrons. The smallest absolute Gasteiger partial charge is 0.308 e. The summed E-state index contributed by atoms with van der Waals surface area (Å²) in [6, 6.07) is 1.03. The van der Waals surface area contributed by atoms with Crippen LogP contribution in [-0.2, 0) is 0 Å². The van der Waals surface area contributed by atoms with E-state index in [1.165, 1.54) is 0 Å². The van der Waals surface area contributed by atoms with Crippen molar-refractivity contribution in [1.29, 1.82) is 0 Å². The van der Waals surface area contributed by atoms with E-state index in [0.29, 0.717) is 12.1 Å². The molecule has 0 fully saturated rings. The Balaban J connectivity index is 2.96. The average Bonchev–Trinajstić information content (AvgIpc) is 2.37. The van der Waals surface area contributed by atoms with Crippen molar-refractivity contribution >= 4 is 23.2 Å². The normalized spacial score (nSPS) is 12.3. The van der Waals surface area contributed by atoms with Gasteiger partial charge < -0.3 is 5.32 Å². The molecule has 20 heavy (non-hydrogen) atoms. The molecule has 1 aromatic rings. The molecule has 1 unspecified atom stereocenters. The quantitative estimate of drug-likeness (QED) is 0.516. The van der Waals surface area contributed by atoms with Crippen molar-refractivity contribution in [1.82, 2.24) is 5.32 Å². The molecule has 0 heterocycles. The van der Waals surface area contributed by atoms with Gasteiger partial charge in [-0.3, -0.25) is 14.9 Å². The fourth-order valence-electron chi connectivity index (χ4n) is 1.39. The highest BCUT2D eigenvalue weighted by Gasteiger charge is 2.24. The van der Waals surface area contributed by atoms with Crippen LogP contribution >= 0.6 is 11.6 Å². The number of rotatable bonds is 5. The Kier molecular flexibility index (Phi) is 5.38. The SMILES string of the molecule is CC(C)C(Cl)CNC(=O)c1cc(F)cc([N+](=O)[O-])c1F. The van der Waals surface area contributed by atoms with Crippen LogP contribution in [0.3, 0.4) is 0 Å². The Morgan fingerprint density at radius 3 is 2.55 bits per heavy atom. The van der Waals surface area contributed by atoms with Gasteiger partial charge in [-0.25, -0.2) is 4.39 Å². The molecular weight excluding hydrogens is 294 g/mol. The molecule has 0 radical (unpaired) electrons. The van der Waals surface area contributed by atoms with Crippen LogP contribution in [0.25, 0.3) is 0 Å². The van der Waals surface area contributed by atoms with E-state index < -0.39 is 33.7 Å². The van der Waals surface area contributed by atoms with Gasteiger partial charge in [0.15, 0.2) is 0 Å². The number of halogens is 3. The van der Waals surface area contributed by atoms with Gasteiger partial charge in [0.05, 0.1) is 21.9 Å². The number of carbonyl (C=O) groups is 1. The number of benzene rings is 1. The van der Waals surface area contributed by atoms with Crippen LogP contribution in [0.15, 0.2) is 12.1 Å². The number of amides is 1. The molecule has 1 N–H and O–H groups in total. The summed E-state index contributed by atoms with van der Waals surface area (Å²) in [7, 11) is 0. The third-order valence-corrected chi connectivity index (χ3v) is 3.30. The fraction of sp³-hybridized carbons (Fsp3) is 0.417. The third kappa shape index (κ3) is 3.86. The summed E-state index contributed by atoms with van der Waals surface area (Å²) >= 11 is 5.91. The molecule has 0 saturated heterocycles. The summed E-state index contributed by atoms with van der Waals surface area (Å²) in [5, 5.41) is 12.5. The van der Waals surface area contributed by atoms with E-state index in [4.69, 9.17) is 11.6 Å². The number of carbonyl (C=O) groups excluding carboxylic acids is 1. The van der Waals surface area contributed by atoms with Crippen molar-refractivity contribution in [3.63, 3.8) is 0 Å². The predicted octanol–water partition coefficient (Wildman–Crippen LogP) is 2.87. The maximum atomic E-state index is 13.7. The number of nitro groups is 1. The largest absolute Gasteiger partial charge is 0.350 e. The van der Waals surface area contributed by atoms with Crippen LogP contribution < -0.4 is 5.32 Å². The summed E-state index contributed by atoms with van der Waals surface area (Å²) in [6.45, 7) is 3.71. The minimum Gasteiger partial charge on any atom is -0.350 e. The van der Waals surface area contributed by atoms with E-state index in [9.17, 15) is 23.7 Å². The number of nitrogens with one attached hydrogen (secondary N) is 1. The first-order valence-corrected chi connectivity index (χ1v) is 6.23. The van der Waals surface area contributed by atoms with Gasteiger partial charge in [0.25, 0.3) is 5.91 Å².